The van der Waals surface area contributed by atoms with Crippen molar-refractivity contribution in [1.29, 1.82) is 0 Å². The van der Waals surface area contributed by atoms with E-state index in [1.807, 2.05) is 24.3 Å². The molecule has 5 heteroatoms. The molecule has 0 radical (unpaired) electrons. The molecule has 0 saturated heterocycles. The summed E-state index contributed by atoms with van der Waals surface area (Å²) in [5.74, 6) is -0.276. The lowest BCUT2D eigenvalue weighted by Gasteiger charge is -2.36. The van der Waals surface area contributed by atoms with Crippen molar-refractivity contribution < 1.29 is 14.3 Å². The molecule has 4 nitrogen and oxygen atoms in total. The molecular formula is C19H21FN2O2. The number of rotatable bonds is 3. The molecule has 1 unspecified atom stereocenters. The molecule has 1 heterocycles. The fourth-order valence-electron chi connectivity index (χ4n) is 3.12. The van der Waals surface area contributed by atoms with Gasteiger partial charge in [0.1, 0.15) is 5.82 Å². The topological polar surface area (TPSA) is 52.6 Å². The van der Waals surface area contributed by atoms with Gasteiger partial charge in [-0.05, 0) is 41.7 Å². The number of nitrogens with one attached hydrogen (secondary N) is 1. The van der Waals surface area contributed by atoms with Gasteiger partial charge in [0.15, 0.2) is 0 Å². The maximum atomic E-state index is 13.6. The highest BCUT2D eigenvalue weighted by Crippen LogP contribution is 2.29. The minimum absolute atomic E-state index is 0.121. The maximum Gasteiger partial charge on any atom is 0.318 e. The van der Waals surface area contributed by atoms with Crippen LogP contribution in [0.5, 0.6) is 0 Å². The Labute approximate surface area is 140 Å². The predicted molar refractivity (Wildman–Crippen MR) is 90.1 cm³/mol. The molecule has 0 aromatic heterocycles. The van der Waals surface area contributed by atoms with Gasteiger partial charge in [-0.15, -0.1) is 0 Å². The van der Waals surface area contributed by atoms with E-state index in [-0.39, 0.29) is 31.0 Å². The van der Waals surface area contributed by atoms with Crippen LogP contribution in [0.15, 0.2) is 42.5 Å². The zero-order valence-corrected chi connectivity index (χ0v) is 13.6. The van der Waals surface area contributed by atoms with Crippen molar-refractivity contribution in [2.75, 3.05) is 13.2 Å². The van der Waals surface area contributed by atoms with Crippen LogP contribution in [0.3, 0.4) is 0 Å². The largest absolute Gasteiger partial charge is 0.394 e. The van der Waals surface area contributed by atoms with Crippen LogP contribution >= 0.6 is 0 Å². The number of hydrogen-bond acceptors (Lipinski definition) is 2. The Kier molecular flexibility index (Phi) is 4.81. The van der Waals surface area contributed by atoms with Crippen LogP contribution in [0.1, 0.15) is 28.3 Å². The molecule has 1 aliphatic heterocycles. The van der Waals surface area contributed by atoms with Gasteiger partial charge >= 0.3 is 6.03 Å². The highest BCUT2D eigenvalue weighted by molar-refractivity contribution is 5.75. The molecule has 126 valence electrons. The molecule has 2 N–H and O–H groups in total. The van der Waals surface area contributed by atoms with Gasteiger partial charge in [0, 0.05) is 13.1 Å². The average Bonchev–Trinajstić information content (AvgIpc) is 2.61. The van der Waals surface area contributed by atoms with Gasteiger partial charge < -0.3 is 15.3 Å². The molecule has 0 bridgehead atoms. The first-order chi connectivity index (χ1) is 11.6. The quantitative estimate of drug-likeness (QED) is 0.910. The molecule has 0 aliphatic carbocycles. The number of aliphatic hydroxyl groups is 1. The van der Waals surface area contributed by atoms with E-state index in [2.05, 4.69) is 5.32 Å². The number of urea groups is 1. The number of nitrogens with zero attached hydrogens (tertiary/aromatic N) is 1. The summed E-state index contributed by atoms with van der Waals surface area (Å²) in [5.41, 5.74) is 3.45. The summed E-state index contributed by atoms with van der Waals surface area (Å²) in [6.45, 7) is 2.39. The second-order valence-electron chi connectivity index (χ2n) is 6.08. The Balaban J connectivity index is 1.69. The summed E-state index contributed by atoms with van der Waals surface area (Å²) in [7, 11) is 0. The number of fused-ring (bicyclic) bond motifs is 1. The molecule has 0 spiro atoms. The number of carbonyl (C=O) groups excluding carboxylic acids is 1. The molecule has 0 saturated carbocycles. The third-order valence-corrected chi connectivity index (χ3v) is 4.53. The molecule has 2 aromatic carbocycles. The van der Waals surface area contributed by atoms with Crippen LogP contribution in [0.2, 0.25) is 0 Å². The molecule has 1 aliphatic rings. The van der Waals surface area contributed by atoms with Crippen LogP contribution in [0.4, 0.5) is 9.18 Å². The Morgan fingerprint density at radius 1 is 1.33 bits per heavy atom. The van der Waals surface area contributed by atoms with Crippen molar-refractivity contribution in [3.05, 3.63) is 70.5 Å². The lowest BCUT2D eigenvalue weighted by molar-refractivity contribution is 0.126. The van der Waals surface area contributed by atoms with E-state index < -0.39 is 0 Å². The number of benzene rings is 2. The average molecular weight is 328 g/mol. The zero-order chi connectivity index (χ0) is 17.1. The standard InChI is InChI=1S/C19H21FN2O2/c1-13-6-7-14(10-17(13)20)11-21-19(24)22-9-8-15-4-2-3-5-16(15)18(22)12-23/h2-7,10,18,23H,8-9,11-12H2,1H3,(H,21,24). The van der Waals surface area contributed by atoms with Crippen molar-refractivity contribution in [2.45, 2.75) is 25.9 Å². The van der Waals surface area contributed by atoms with Gasteiger partial charge in [-0.25, -0.2) is 9.18 Å². The smallest absolute Gasteiger partial charge is 0.318 e. The first-order valence-electron chi connectivity index (χ1n) is 8.08. The minimum atomic E-state index is -0.343. The van der Waals surface area contributed by atoms with E-state index in [0.29, 0.717) is 17.7 Å². The number of carbonyl (C=O) groups is 1. The minimum Gasteiger partial charge on any atom is -0.394 e. The van der Waals surface area contributed by atoms with Gasteiger partial charge in [-0.3, -0.25) is 0 Å². The van der Waals surface area contributed by atoms with Crippen LogP contribution in [-0.2, 0) is 13.0 Å². The number of aryl methyl sites for hydroxylation is 1. The number of amides is 2. The van der Waals surface area contributed by atoms with E-state index in [4.69, 9.17) is 0 Å². The summed E-state index contributed by atoms with van der Waals surface area (Å²) in [6, 6.07) is 12.2. The summed E-state index contributed by atoms with van der Waals surface area (Å²) in [6.07, 6.45) is 0.763. The number of hydrogen-bond donors (Lipinski definition) is 2. The van der Waals surface area contributed by atoms with E-state index in [0.717, 1.165) is 12.0 Å². The van der Waals surface area contributed by atoms with Gasteiger partial charge in [0.05, 0.1) is 12.6 Å². The van der Waals surface area contributed by atoms with Crippen LogP contribution in [0, 0.1) is 12.7 Å². The number of halogens is 1. The van der Waals surface area contributed by atoms with Crippen molar-refractivity contribution >= 4 is 6.03 Å². The lowest BCUT2D eigenvalue weighted by Crippen LogP contribution is -2.46. The van der Waals surface area contributed by atoms with E-state index in [9.17, 15) is 14.3 Å². The second-order valence-corrected chi connectivity index (χ2v) is 6.08. The molecule has 0 fully saturated rings. The van der Waals surface area contributed by atoms with Crippen LogP contribution < -0.4 is 5.32 Å². The Morgan fingerprint density at radius 2 is 2.12 bits per heavy atom. The summed E-state index contributed by atoms with van der Waals surface area (Å²) in [5, 5.41) is 12.6. The van der Waals surface area contributed by atoms with Crippen molar-refractivity contribution in [3.8, 4) is 0 Å². The SMILES string of the molecule is Cc1ccc(CNC(=O)N2CCc3ccccc3C2CO)cc1F. The molecule has 2 aromatic rings. The third-order valence-electron chi connectivity index (χ3n) is 4.53. The van der Waals surface area contributed by atoms with Gasteiger partial charge in [-0.1, -0.05) is 36.4 Å². The molecule has 24 heavy (non-hydrogen) atoms. The fourth-order valence-corrected chi connectivity index (χ4v) is 3.12. The van der Waals surface area contributed by atoms with E-state index >= 15 is 0 Å². The monoisotopic (exact) mass is 328 g/mol. The second kappa shape index (κ2) is 7.01. The van der Waals surface area contributed by atoms with E-state index in [1.54, 1.807) is 24.0 Å². The Bertz CT molecular complexity index is 748. The van der Waals surface area contributed by atoms with Crippen molar-refractivity contribution in [2.24, 2.45) is 0 Å². The number of aliphatic hydroxyl groups excluding tert-OH is 1. The van der Waals surface area contributed by atoms with Crippen LogP contribution in [-0.4, -0.2) is 29.2 Å². The van der Waals surface area contributed by atoms with Gasteiger partial charge in [0.2, 0.25) is 0 Å². The third kappa shape index (κ3) is 3.26. The van der Waals surface area contributed by atoms with Crippen molar-refractivity contribution in [1.82, 2.24) is 10.2 Å². The summed E-state index contributed by atoms with van der Waals surface area (Å²) >= 11 is 0. The molecule has 1 atom stereocenters. The van der Waals surface area contributed by atoms with E-state index in [1.165, 1.54) is 11.6 Å². The van der Waals surface area contributed by atoms with Gasteiger partial charge in [-0.2, -0.15) is 0 Å². The first-order valence-corrected chi connectivity index (χ1v) is 8.08. The zero-order valence-electron chi connectivity index (χ0n) is 13.6. The predicted octanol–water partition coefficient (Wildman–Crippen LogP) is 2.94. The van der Waals surface area contributed by atoms with Crippen LogP contribution in [0.25, 0.3) is 0 Å². The molecule has 3 rings (SSSR count). The summed E-state index contributed by atoms with van der Waals surface area (Å²) < 4.78 is 13.6. The maximum absolute atomic E-state index is 13.6. The van der Waals surface area contributed by atoms with Gasteiger partial charge in [0.25, 0.3) is 0 Å². The fraction of sp³-hybridized carbons (Fsp3) is 0.316. The first kappa shape index (κ1) is 16.5. The Hall–Kier alpha value is -2.40. The molecule has 2 amide bonds. The Morgan fingerprint density at radius 3 is 2.88 bits per heavy atom. The normalized spacial score (nSPS) is 16.6. The highest BCUT2D eigenvalue weighted by Gasteiger charge is 2.29. The van der Waals surface area contributed by atoms with Crippen molar-refractivity contribution in [3.63, 3.8) is 0 Å². The lowest BCUT2D eigenvalue weighted by atomic mass is 9.93. The summed E-state index contributed by atoms with van der Waals surface area (Å²) in [4.78, 5) is 14.2. The molecular weight excluding hydrogens is 307 g/mol. The highest BCUT2D eigenvalue weighted by atomic mass is 19.1.